The quantitative estimate of drug-likeness (QED) is 0.854. The lowest BCUT2D eigenvalue weighted by molar-refractivity contribution is -0.121. The van der Waals surface area contributed by atoms with Gasteiger partial charge < -0.3 is 11.1 Å². The lowest BCUT2D eigenvalue weighted by Gasteiger charge is -2.14. The maximum Gasteiger partial charge on any atom is 0.220 e. The Bertz CT molecular complexity index is 389. The van der Waals surface area contributed by atoms with E-state index in [-0.39, 0.29) is 30.4 Å². The van der Waals surface area contributed by atoms with Crippen molar-refractivity contribution < 1.29 is 4.79 Å². The van der Waals surface area contributed by atoms with Gasteiger partial charge in [-0.25, -0.2) is 0 Å². The fourth-order valence-corrected chi connectivity index (χ4v) is 1.69. The van der Waals surface area contributed by atoms with E-state index in [4.69, 9.17) is 5.73 Å². The molecule has 1 heterocycles. The Morgan fingerprint density at radius 1 is 1.56 bits per heavy atom. The van der Waals surface area contributed by atoms with E-state index < -0.39 is 0 Å². The largest absolute Gasteiger partial charge is 0.349 e. The second-order valence-electron chi connectivity index (χ2n) is 4.61. The Balaban J connectivity index is 0.00000289. The molecule has 0 aromatic carbocycles. The molecule has 0 spiro atoms. The molecule has 2 atom stereocenters. The second kappa shape index (κ2) is 7.38. The first-order chi connectivity index (χ1) is 7.91. The molecule has 1 aromatic heterocycles. The number of aryl methyl sites for hydroxylation is 1. The van der Waals surface area contributed by atoms with E-state index in [0.29, 0.717) is 12.8 Å². The lowest BCUT2D eigenvalue weighted by Crippen LogP contribution is -2.28. The highest BCUT2D eigenvalue weighted by Gasteiger charge is 2.14. The summed E-state index contributed by atoms with van der Waals surface area (Å²) in [5.74, 6) is 0.0399. The van der Waals surface area contributed by atoms with Crippen LogP contribution in [0.2, 0.25) is 0 Å². The minimum atomic E-state index is -0.00993. The Hall–Kier alpha value is -1.07. The van der Waals surface area contributed by atoms with E-state index >= 15 is 0 Å². The summed E-state index contributed by atoms with van der Waals surface area (Å²) in [6.45, 7) is 5.86. The lowest BCUT2D eigenvalue weighted by atomic mass is 10.1. The van der Waals surface area contributed by atoms with Crippen LogP contribution in [-0.2, 0) is 11.8 Å². The molecule has 18 heavy (non-hydrogen) atoms. The molecule has 1 rings (SSSR count). The molecule has 1 amide bonds. The van der Waals surface area contributed by atoms with Crippen molar-refractivity contribution >= 4 is 18.3 Å². The summed E-state index contributed by atoms with van der Waals surface area (Å²) < 4.78 is 1.81. The predicted molar refractivity (Wildman–Crippen MR) is 74.6 cm³/mol. The van der Waals surface area contributed by atoms with Crippen LogP contribution in [0.4, 0.5) is 0 Å². The molecule has 0 fully saturated rings. The number of nitrogens with one attached hydrogen (secondary N) is 1. The van der Waals surface area contributed by atoms with Gasteiger partial charge in [0.15, 0.2) is 0 Å². The number of hydrogen-bond acceptors (Lipinski definition) is 3. The summed E-state index contributed by atoms with van der Waals surface area (Å²) in [7, 11) is 1.89. The molecule has 0 radical (unpaired) electrons. The number of nitrogens with zero attached hydrogens (tertiary/aromatic N) is 2. The fourth-order valence-electron chi connectivity index (χ4n) is 1.69. The molecule has 0 aliphatic heterocycles. The van der Waals surface area contributed by atoms with Crippen molar-refractivity contribution in [2.24, 2.45) is 12.8 Å². The monoisotopic (exact) mass is 274 g/mol. The molecule has 0 saturated heterocycles. The zero-order chi connectivity index (χ0) is 13.0. The van der Waals surface area contributed by atoms with Gasteiger partial charge in [0.1, 0.15) is 0 Å². The Kier molecular flexibility index (Phi) is 6.94. The van der Waals surface area contributed by atoms with Crippen molar-refractivity contribution in [2.45, 2.75) is 45.7 Å². The number of amides is 1. The molecule has 1 aromatic rings. The molecule has 5 nitrogen and oxygen atoms in total. The highest BCUT2D eigenvalue weighted by Crippen LogP contribution is 2.16. The van der Waals surface area contributed by atoms with Crippen LogP contribution in [0.25, 0.3) is 0 Å². The number of carbonyl (C=O) groups excluding carboxylic acids is 1. The minimum Gasteiger partial charge on any atom is -0.349 e. The molecule has 104 valence electrons. The van der Waals surface area contributed by atoms with Crippen molar-refractivity contribution in [1.29, 1.82) is 0 Å². The Labute approximate surface area is 115 Å². The molecule has 0 aliphatic carbocycles. The Morgan fingerprint density at radius 2 is 2.17 bits per heavy atom. The van der Waals surface area contributed by atoms with E-state index in [2.05, 4.69) is 10.4 Å². The van der Waals surface area contributed by atoms with Crippen LogP contribution in [0.1, 0.15) is 44.0 Å². The number of nitrogens with two attached hydrogens (primary N) is 1. The van der Waals surface area contributed by atoms with Crippen molar-refractivity contribution in [2.75, 3.05) is 0 Å². The van der Waals surface area contributed by atoms with Crippen molar-refractivity contribution in [3.05, 3.63) is 17.5 Å². The van der Waals surface area contributed by atoms with Crippen LogP contribution < -0.4 is 11.1 Å². The van der Waals surface area contributed by atoms with Crippen LogP contribution in [0.15, 0.2) is 6.20 Å². The standard InChI is InChI=1S/C12H22N4O.ClH/c1-8(13)5-6-12(17)15-9(2)11-7-14-16(4)10(11)3;/h7-9H,5-6,13H2,1-4H3,(H,15,17);1H. The molecule has 2 unspecified atom stereocenters. The van der Waals surface area contributed by atoms with E-state index in [0.717, 1.165) is 11.3 Å². The van der Waals surface area contributed by atoms with Gasteiger partial charge in [-0.1, -0.05) is 0 Å². The summed E-state index contributed by atoms with van der Waals surface area (Å²) in [6.07, 6.45) is 2.98. The van der Waals surface area contributed by atoms with Gasteiger partial charge in [-0.3, -0.25) is 9.48 Å². The molecule has 6 heteroatoms. The van der Waals surface area contributed by atoms with Crippen molar-refractivity contribution in [1.82, 2.24) is 15.1 Å². The van der Waals surface area contributed by atoms with Crippen LogP contribution in [0.3, 0.4) is 0 Å². The van der Waals surface area contributed by atoms with Crippen LogP contribution in [0.5, 0.6) is 0 Å². The van der Waals surface area contributed by atoms with Crippen molar-refractivity contribution in [3.8, 4) is 0 Å². The number of aromatic nitrogens is 2. The average molecular weight is 275 g/mol. The van der Waals surface area contributed by atoms with Gasteiger partial charge in [-0.15, -0.1) is 12.4 Å². The Morgan fingerprint density at radius 3 is 2.61 bits per heavy atom. The maximum absolute atomic E-state index is 11.7. The van der Waals surface area contributed by atoms with Gasteiger partial charge in [-0.2, -0.15) is 5.10 Å². The first-order valence-electron chi connectivity index (χ1n) is 5.95. The van der Waals surface area contributed by atoms with E-state index in [1.54, 1.807) is 10.9 Å². The molecular weight excluding hydrogens is 252 g/mol. The SMILES string of the molecule is Cc1c(C(C)NC(=O)CCC(C)N)cnn1C.Cl. The van der Waals surface area contributed by atoms with Gasteiger partial charge in [0.25, 0.3) is 0 Å². The third-order valence-electron chi connectivity index (χ3n) is 2.94. The van der Waals surface area contributed by atoms with E-state index in [1.165, 1.54) is 0 Å². The zero-order valence-corrected chi connectivity index (χ0v) is 12.3. The third kappa shape index (κ3) is 4.66. The molecule has 0 bridgehead atoms. The number of hydrogen-bond donors (Lipinski definition) is 2. The second-order valence-corrected chi connectivity index (χ2v) is 4.61. The first-order valence-corrected chi connectivity index (χ1v) is 5.95. The number of rotatable bonds is 5. The van der Waals surface area contributed by atoms with Crippen LogP contribution in [0, 0.1) is 6.92 Å². The fraction of sp³-hybridized carbons (Fsp3) is 0.667. The third-order valence-corrected chi connectivity index (χ3v) is 2.94. The van der Waals surface area contributed by atoms with Gasteiger partial charge in [0.05, 0.1) is 12.2 Å². The predicted octanol–water partition coefficient (Wildman–Crippen LogP) is 1.45. The van der Waals surface area contributed by atoms with Gasteiger partial charge in [-0.05, 0) is 27.2 Å². The summed E-state index contributed by atoms with van der Waals surface area (Å²) in [6, 6.07) is 0.0560. The smallest absolute Gasteiger partial charge is 0.220 e. The normalized spacial score (nSPS) is 13.6. The molecule has 3 N–H and O–H groups in total. The maximum atomic E-state index is 11.7. The highest BCUT2D eigenvalue weighted by molar-refractivity contribution is 5.85. The zero-order valence-electron chi connectivity index (χ0n) is 11.4. The molecular formula is C12H23ClN4O. The number of halogens is 1. The molecule has 0 aliphatic rings. The average Bonchev–Trinajstić information content (AvgIpc) is 2.57. The summed E-state index contributed by atoms with van der Waals surface area (Å²) in [4.78, 5) is 11.7. The molecule has 0 saturated carbocycles. The van der Waals surface area contributed by atoms with Crippen LogP contribution >= 0.6 is 12.4 Å². The summed E-state index contributed by atoms with van der Waals surface area (Å²) >= 11 is 0. The summed E-state index contributed by atoms with van der Waals surface area (Å²) in [5, 5.41) is 7.12. The first kappa shape index (κ1) is 16.9. The van der Waals surface area contributed by atoms with Gasteiger partial charge in [0, 0.05) is 30.8 Å². The van der Waals surface area contributed by atoms with Crippen LogP contribution in [-0.4, -0.2) is 21.7 Å². The van der Waals surface area contributed by atoms with Gasteiger partial charge in [0.2, 0.25) is 5.91 Å². The minimum absolute atomic E-state index is 0. The van der Waals surface area contributed by atoms with Crippen molar-refractivity contribution in [3.63, 3.8) is 0 Å². The van der Waals surface area contributed by atoms with E-state index in [9.17, 15) is 4.79 Å². The number of carbonyl (C=O) groups is 1. The van der Waals surface area contributed by atoms with E-state index in [1.807, 2.05) is 27.8 Å². The van der Waals surface area contributed by atoms with Gasteiger partial charge >= 0.3 is 0 Å². The topological polar surface area (TPSA) is 72.9 Å². The summed E-state index contributed by atoms with van der Waals surface area (Å²) in [5.41, 5.74) is 7.75. The highest BCUT2D eigenvalue weighted by atomic mass is 35.5.